The summed E-state index contributed by atoms with van der Waals surface area (Å²) in [7, 11) is 4.08. The smallest absolute Gasteiger partial charge is 0.159 e. The van der Waals surface area contributed by atoms with Gasteiger partial charge in [0, 0.05) is 54.2 Å². The third kappa shape index (κ3) is 4.00. The van der Waals surface area contributed by atoms with Crippen LogP contribution in [-0.4, -0.2) is 30.7 Å². The molecule has 1 heterocycles. The van der Waals surface area contributed by atoms with Crippen molar-refractivity contribution in [1.29, 1.82) is 0 Å². The van der Waals surface area contributed by atoms with E-state index in [9.17, 15) is 4.79 Å². The van der Waals surface area contributed by atoms with Gasteiger partial charge < -0.3 is 9.47 Å². The molecule has 27 heavy (non-hydrogen) atoms. The number of Topliss-reactive ketones (excluding diaryl/α,β-unsaturated/α-hetero) is 1. The molecule has 0 unspecified atom stereocenters. The van der Waals surface area contributed by atoms with Crippen LogP contribution in [0.2, 0.25) is 0 Å². The number of aliphatic imine (C=N–C) groups is 1. The highest BCUT2D eigenvalue weighted by molar-refractivity contribution is 5.94. The monoisotopic (exact) mass is 359 g/mol. The van der Waals surface area contributed by atoms with E-state index in [0.29, 0.717) is 5.56 Å². The van der Waals surface area contributed by atoms with Gasteiger partial charge in [0.25, 0.3) is 0 Å². The highest BCUT2D eigenvalue weighted by Gasteiger charge is 2.09. The first kappa shape index (κ1) is 18.6. The number of hydrogen-bond acceptors (Lipinski definition) is 3. The zero-order valence-electron chi connectivity index (χ0n) is 16.5. The molecule has 0 aliphatic rings. The highest BCUT2D eigenvalue weighted by atomic mass is 16.1. The maximum Gasteiger partial charge on any atom is 0.159 e. The van der Waals surface area contributed by atoms with Crippen molar-refractivity contribution in [2.24, 2.45) is 4.99 Å². The molecule has 3 rings (SSSR count). The molecule has 0 aliphatic carbocycles. The number of aryl methyl sites for hydroxylation is 1. The highest BCUT2D eigenvalue weighted by Crippen LogP contribution is 2.23. The van der Waals surface area contributed by atoms with Crippen LogP contribution in [0.1, 0.15) is 34.2 Å². The van der Waals surface area contributed by atoms with E-state index in [0.717, 1.165) is 22.6 Å². The molecule has 3 aromatic rings. The molecule has 0 spiro atoms. The van der Waals surface area contributed by atoms with E-state index in [-0.39, 0.29) is 5.78 Å². The largest absolute Gasteiger partial charge is 0.378 e. The van der Waals surface area contributed by atoms with Crippen molar-refractivity contribution < 1.29 is 4.79 Å². The lowest BCUT2D eigenvalue weighted by Crippen LogP contribution is -2.08. The Hall–Kier alpha value is -3.14. The Labute approximate surface area is 160 Å². The van der Waals surface area contributed by atoms with E-state index in [1.54, 1.807) is 6.92 Å². The average molecular weight is 359 g/mol. The van der Waals surface area contributed by atoms with Gasteiger partial charge in [0.15, 0.2) is 5.78 Å². The molecule has 0 saturated heterocycles. The topological polar surface area (TPSA) is 37.6 Å². The van der Waals surface area contributed by atoms with Crippen molar-refractivity contribution in [3.05, 3.63) is 77.1 Å². The molecule has 138 valence electrons. The predicted octanol–water partition coefficient (Wildman–Crippen LogP) is 5.11. The standard InChI is InChI=1S/C23H25N3O/c1-16-14-20(15-24-21-8-6-19(7-9-21)18(3)27)17(2)26(16)23-12-10-22(11-13-23)25(4)5/h6-15H,1-5H3. The zero-order chi connectivity index (χ0) is 19.6. The molecule has 0 N–H and O–H groups in total. The zero-order valence-corrected chi connectivity index (χ0v) is 16.5. The molecule has 1 aromatic heterocycles. The first-order valence-corrected chi connectivity index (χ1v) is 8.98. The maximum atomic E-state index is 11.4. The number of hydrogen-bond donors (Lipinski definition) is 0. The summed E-state index contributed by atoms with van der Waals surface area (Å²) in [6.45, 7) is 5.77. The van der Waals surface area contributed by atoms with Gasteiger partial charge in [-0.3, -0.25) is 9.79 Å². The number of carbonyl (C=O) groups excluding carboxylic acids is 1. The van der Waals surface area contributed by atoms with Crippen LogP contribution in [-0.2, 0) is 0 Å². The Balaban J connectivity index is 1.88. The molecule has 0 bridgehead atoms. The Bertz CT molecular complexity index is 978. The fraction of sp³-hybridized carbons (Fsp3) is 0.217. The van der Waals surface area contributed by atoms with Crippen molar-refractivity contribution in [2.75, 3.05) is 19.0 Å². The molecule has 0 atom stereocenters. The Kier molecular flexibility index (Phi) is 5.26. The van der Waals surface area contributed by atoms with Crippen LogP contribution in [0.4, 0.5) is 11.4 Å². The minimum atomic E-state index is 0.0642. The van der Waals surface area contributed by atoms with E-state index in [2.05, 4.69) is 58.6 Å². The lowest BCUT2D eigenvalue weighted by Gasteiger charge is -2.14. The number of carbonyl (C=O) groups is 1. The molecule has 0 saturated carbocycles. The number of rotatable bonds is 5. The average Bonchev–Trinajstić information content (AvgIpc) is 2.94. The van der Waals surface area contributed by atoms with Gasteiger partial charge in [-0.2, -0.15) is 0 Å². The SMILES string of the molecule is CC(=O)c1ccc(N=Cc2cc(C)n(-c3ccc(N(C)C)cc3)c2C)cc1. The van der Waals surface area contributed by atoms with Crippen LogP contribution < -0.4 is 4.90 Å². The molecular weight excluding hydrogens is 334 g/mol. The second-order valence-corrected chi connectivity index (χ2v) is 6.93. The van der Waals surface area contributed by atoms with Gasteiger partial charge in [0.2, 0.25) is 0 Å². The van der Waals surface area contributed by atoms with Gasteiger partial charge in [0.05, 0.1) is 5.69 Å². The number of ketones is 1. The van der Waals surface area contributed by atoms with Crippen molar-refractivity contribution >= 4 is 23.4 Å². The van der Waals surface area contributed by atoms with Crippen molar-refractivity contribution in [3.63, 3.8) is 0 Å². The maximum absolute atomic E-state index is 11.4. The molecule has 0 aliphatic heterocycles. The first-order chi connectivity index (χ1) is 12.9. The van der Waals surface area contributed by atoms with E-state index in [4.69, 9.17) is 0 Å². The summed E-state index contributed by atoms with van der Waals surface area (Å²) in [4.78, 5) is 18.0. The summed E-state index contributed by atoms with van der Waals surface area (Å²) in [6, 6.07) is 18.0. The second kappa shape index (κ2) is 7.62. The molecular formula is C23H25N3O. The quantitative estimate of drug-likeness (QED) is 0.469. The van der Waals surface area contributed by atoms with E-state index < -0.39 is 0 Å². The van der Waals surface area contributed by atoms with Gasteiger partial charge in [-0.15, -0.1) is 0 Å². The van der Waals surface area contributed by atoms with Gasteiger partial charge in [-0.1, -0.05) is 0 Å². The Morgan fingerprint density at radius 2 is 1.63 bits per heavy atom. The summed E-state index contributed by atoms with van der Waals surface area (Å²) in [6.07, 6.45) is 1.88. The van der Waals surface area contributed by atoms with Crippen LogP contribution in [0.3, 0.4) is 0 Å². The minimum Gasteiger partial charge on any atom is -0.378 e. The van der Waals surface area contributed by atoms with Crippen LogP contribution >= 0.6 is 0 Å². The van der Waals surface area contributed by atoms with Gasteiger partial charge >= 0.3 is 0 Å². The summed E-state index contributed by atoms with van der Waals surface area (Å²) in [5.74, 6) is 0.0642. The lowest BCUT2D eigenvalue weighted by atomic mass is 10.1. The number of aromatic nitrogens is 1. The second-order valence-electron chi connectivity index (χ2n) is 6.93. The molecule has 4 nitrogen and oxygen atoms in total. The van der Waals surface area contributed by atoms with Gasteiger partial charge in [0.1, 0.15) is 0 Å². The molecule has 4 heteroatoms. The third-order valence-corrected chi connectivity index (χ3v) is 4.72. The summed E-state index contributed by atoms with van der Waals surface area (Å²) >= 11 is 0. The normalized spacial score (nSPS) is 11.1. The summed E-state index contributed by atoms with van der Waals surface area (Å²) in [5, 5.41) is 0. The summed E-state index contributed by atoms with van der Waals surface area (Å²) < 4.78 is 2.24. The van der Waals surface area contributed by atoms with E-state index in [1.807, 2.05) is 44.6 Å². The number of anilines is 1. The predicted molar refractivity (Wildman–Crippen MR) is 113 cm³/mol. The van der Waals surface area contributed by atoms with Gasteiger partial charge in [-0.05, 0) is 75.4 Å². The fourth-order valence-electron chi connectivity index (χ4n) is 3.14. The van der Waals surface area contributed by atoms with Crippen LogP contribution in [0.15, 0.2) is 59.6 Å². The first-order valence-electron chi connectivity index (χ1n) is 8.98. The van der Waals surface area contributed by atoms with E-state index >= 15 is 0 Å². The van der Waals surface area contributed by atoms with Crippen molar-refractivity contribution in [3.8, 4) is 5.69 Å². The van der Waals surface area contributed by atoms with Crippen molar-refractivity contribution in [1.82, 2.24) is 4.57 Å². The van der Waals surface area contributed by atoms with E-state index in [1.165, 1.54) is 11.4 Å². The molecule has 0 radical (unpaired) electrons. The minimum absolute atomic E-state index is 0.0642. The third-order valence-electron chi connectivity index (χ3n) is 4.72. The number of benzene rings is 2. The van der Waals surface area contributed by atoms with Crippen LogP contribution in [0.5, 0.6) is 0 Å². The van der Waals surface area contributed by atoms with Crippen molar-refractivity contribution in [2.45, 2.75) is 20.8 Å². The molecule has 0 amide bonds. The Morgan fingerprint density at radius 1 is 1.00 bits per heavy atom. The molecule has 2 aromatic carbocycles. The fourth-order valence-corrected chi connectivity index (χ4v) is 3.14. The lowest BCUT2D eigenvalue weighted by molar-refractivity contribution is 0.101. The molecule has 0 fully saturated rings. The van der Waals surface area contributed by atoms with Crippen LogP contribution in [0, 0.1) is 13.8 Å². The van der Waals surface area contributed by atoms with Crippen LogP contribution in [0.25, 0.3) is 5.69 Å². The van der Waals surface area contributed by atoms with Gasteiger partial charge in [-0.25, -0.2) is 0 Å². The Morgan fingerprint density at radius 3 is 2.19 bits per heavy atom. The summed E-state index contributed by atoms with van der Waals surface area (Å²) in [5.41, 5.74) is 7.25. The number of nitrogens with zero attached hydrogens (tertiary/aromatic N) is 3.